The molecule has 0 spiro atoms. The summed E-state index contributed by atoms with van der Waals surface area (Å²) in [5.74, 6) is 0.830. The lowest BCUT2D eigenvalue weighted by molar-refractivity contribution is 0.278. The molecular weight excluding hydrogens is 222 g/mol. The monoisotopic (exact) mass is 241 g/mol. The summed E-state index contributed by atoms with van der Waals surface area (Å²) in [6, 6.07) is 4.17. The highest BCUT2D eigenvalue weighted by molar-refractivity contribution is 5.85. The molecule has 1 aromatic heterocycles. The second-order valence-corrected chi connectivity index (χ2v) is 4.41. The van der Waals surface area contributed by atoms with Gasteiger partial charge >= 0.3 is 0 Å². The second-order valence-electron chi connectivity index (χ2n) is 4.41. The number of aromatic nitrogens is 1. The van der Waals surface area contributed by atoms with Crippen LogP contribution in [0.25, 0.3) is 0 Å². The fraction of sp³-hybridized carbons (Fsp3) is 0.583. The predicted molar refractivity (Wildman–Crippen MR) is 68.8 cm³/mol. The van der Waals surface area contributed by atoms with Crippen LogP contribution in [0.1, 0.15) is 12.0 Å². The maximum absolute atomic E-state index is 4.03. The van der Waals surface area contributed by atoms with Crippen molar-refractivity contribution in [2.24, 2.45) is 5.92 Å². The van der Waals surface area contributed by atoms with E-state index in [4.69, 9.17) is 0 Å². The Morgan fingerprint density at radius 1 is 1.44 bits per heavy atom. The highest BCUT2D eigenvalue weighted by Gasteiger charge is 2.16. The standard InChI is InChI=1S/C12H19N3.ClH/c1-15(10-12-4-7-14-8-12)9-11-2-5-13-6-3-11;/h2-3,5-6,12,14H,4,7-10H2,1H3;1H. The molecule has 0 bridgehead atoms. The van der Waals surface area contributed by atoms with E-state index in [0.717, 1.165) is 12.5 Å². The molecule has 4 heteroatoms. The first-order chi connectivity index (χ1) is 7.34. The van der Waals surface area contributed by atoms with Crippen LogP contribution in [0.3, 0.4) is 0 Å². The van der Waals surface area contributed by atoms with E-state index in [2.05, 4.69) is 34.4 Å². The maximum Gasteiger partial charge on any atom is 0.0271 e. The lowest BCUT2D eigenvalue weighted by atomic mass is 10.1. The van der Waals surface area contributed by atoms with Gasteiger partial charge in [0, 0.05) is 25.5 Å². The van der Waals surface area contributed by atoms with Gasteiger partial charge in [-0.15, -0.1) is 12.4 Å². The Morgan fingerprint density at radius 3 is 2.81 bits per heavy atom. The maximum atomic E-state index is 4.03. The number of hydrogen-bond donors (Lipinski definition) is 1. The number of nitrogens with one attached hydrogen (secondary N) is 1. The highest BCUT2D eigenvalue weighted by Crippen LogP contribution is 2.10. The average molecular weight is 242 g/mol. The topological polar surface area (TPSA) is 28.2 Å². The molecule has 1 atom stereocenters. The third-order valence-corrected chi connectivity index (χ3v) is 2.93. The zero-order valence-electron chi connectivity index (χ0n) is 9.72. The molecule has 1 N–H and O–H groups in total. The van der Waals surface area contributed by atoms with Gasteiger partial charge in [-0.25, -0.2) is 0 Å². The molecule has 0 aromatic carbocycles. The Morgan fingerprint density at radius 2 is 2.19 bits per heavy atom. The third-order valence-electron chi connectivity index (χ3n) is 2.93. The van der Waals surface area contributed by atoms with Crippen LogP contribution in [0.5, 0.6) is 0 Å². The van der Waals surface area contributed by atoms with Crippen molar-refractivity contribution in [3.63, 3.8) is 0 Å². The Labute approximate surface area is 104 Å². The fourth-order valence-corrected chi connectivity index (χ4v) is 2.18. The van der Waals surface area contributed by atoms with Crippen molar-refractivity contribution in [2.75, 3.05) is 26.7 Å². The van der Waals surface area contributed by atoms with Crippen molar-refractivity contribution in [2.45, 2.75) is 13.0 Å². The summed E-state index contributed by atoms with van der Waals surface area (Å²) in [5.41, 5.74) is 1.35. The number of nitrogens with zero attached hydrogens (tertiary/aromatic N) is 2. The van der Waals surface area contributed by atoms with Crippen molar-refractivity contribution in [1.82, 2.24) is 15.2 Å². The fourth-order valence-electron chi connectivity index (χ4n) is 2.18. The summed E-state index contributed by atoms with van der Waals surface area (Å²) in [7, 11) is 2.19. The van der Waals surface area contributed by atoms with E-state index >= 15 is 0 Å². The largest absolute Gasteiger partial charge is 0.316 e. The van der Waals surface area contributed by atoms with Crippen LogP contribution in [0.2, 0.25) is 0 Å². The Balaban J connectivity index is 0.00000128. The Bertz CT molecular complexity index is 286. The summed E-state index contributed by atoms with van der Waals surface area (Å²) in [6.45, 7) is 4.59. The molecule has 0 amide bonds. The number of halogens is 1. The van der Waals surface area contributed by atoms with Crippen molar-refractivity contribution in [1.29, 1.82) is 0 Å². The smallest absolute Gasteiger partial charge is 0.0271 e. The van der Waals surface area contributed by atoms with Gasteiger partial charge in [0.2, 0.25) is 0 Å². The minimum atomic E-state index is 0. The van der Waals surface area contributed by atoms with Gasteiger partial charge in [0.1, 0.15) is 0 Å². The zero-order valence-corrected chi connectivity index (χ0v) is 10.5. The first-order valence-electron chi connectivity index (χ1n) is 5.63. The molecule has 1 saturated heterocycles. The van der Waals surface area contributed by atoms with Gasteiger partial charge in [0.15, 0.2) is 0 Å². The van der Waals surface area contributed by atoms with Gasteiger partial charge in [0.05, 0.1) is 0 Å². The van der Waals surface area contributed by atoms with Gasteiger partial charge in [-0.1, -0.05) is 0 Å². The molecule has 1 aliphatic heterocycles. The molecule has 2 rings (SSSR count). The Kier molecular flexibility index (Phi) is 5.74. The minimum absolute atomic E-state index is 0. The van der Waals surface area contributed by atoms with Crippen molar-refractivity contribution >= 4 is 12.4 Å². The molecule has 16 heavy (non-hydrogen) atoms. The number of pyridine rings is 1. The molecule has 3 nitrogen and oxygen atoms in total. The zero-order chi connectivity index (χ0) is 10.5. The SMILES string of the molecule is CN(Cc1ccncc1)CC1CCNC1.Cl. The van der Waals surface area contributed by atoms with Gasteiger partial charge in [-0.2, -0.15) is 0 Å². The van der Waals surface area contributed by atoms with Gasteiger partial charge in [-0.3, -0.25) is 4.98 Å². The molecule has 1 fully saturated rings. The van der Waals surface area contributed by atoms with E-state index in [-0.39, 0.29) is 12.4 Å². The van der Waals surface area contributed by atoms with E-state index < -0.39 is 0 Å². The minimum Gasteiger partial charge on any atom is -0.316 e. The molecular formula is C12H20ClN3. The van der Waals surface area contributed by atoms with E-state index in [1.54, 1.807) is 0 Å². The Hall–Kier alpha value is -0.640. The first-order valence-corrected chi connectivity index (χ1v) is 5.63. The van der Waals surface area contributed by atoms with Crippen LogP contribution in [0.4, 0.5) is 0 Å². The van der Waals surface area contributed by atoms with Crippen LogP contribution >= 0.6 is 12.4 Å². The van der Waals surface area contributed by atoms with Crippen LogP contribution < -0.4 is 5.32 Å². The van der Waals surface area contributed by atoms with E-state index in [1.807, 2.05) is 12.4 Å². The quantitative estimate of drug-likeness (QED) is 0.867. The average Bonchev–Trinajstić information content (AvgIpc) is 2.71. The molecule has 0 radical (unpaired) electrons. The number of rotatable bonds is 4. The summed E-state index contributed by atoms with van der Waals surface area (Å²) in [5, 5.41) is 3.40. The van der Waals surface area contributed by atoms with Crippen molar-refractivity contribution in [3.05, 3.63) is 30.1 Å². The van der Waals surface area contributed by atoms with Gasteiger partial charge in [-0.05, 0) is 50.2 Å². The lowest BCUT2D eigenvalue weighted by Crippen LogP contribution is -2.26. The van der Waals surface area contributed by atoms with Crippen LogP contribution in [-0.2, 0) is 6.54 Å². The van der Waals surface area contributed by atoms with Gasteiger partial charge < -0.3 is 10.2 Å². The van der Waals surface area contributed by atoms with Crippen LogP contribution in [-0.4, -0.2) is 36.6 Å². The molecule has 0 aliphatic carbocycles. The van der Waals surface area contributed by atoms with Crippen LogP contribution in [0, 0.1) is 5.92 Å². The van der Waals surface area contributed by atoms with Crippen molar-refractivity contribution < 1.29 is 0 Å². The summed E-state index contributed by atoms with van der Waals surface area (Å²) < 4.78 is 0. The number of hydrogen-bond acceptors (Lipinski definition) is 3. The molecule has 2 heterocycles. The second kappa shape index (κ2) is 6.84. The molecule has 90 valence electrons. The van der Waals surface area contributed by atoms with E-state index in [1.165, 1.54) is 31.6 Å². The van der Waals surface area contributed by atoms with Crippen molar-refractivity contribution in [3.8, 4) is 0 Å². The van der Waals surface area contributed by atoms with Crippen LogP contribution in [0.15, 0.2) is 24.5 Å². The first kappa shape index (κ1) is 13.4. The summed E-state index contributed by atoms with van der Waals surface area (Å²) in [6.07, 6.45) is 5.04. The summed E-state index contributed by atoms with van der Waals surface area (Å²) in [4.78, 5) is 6.42. The highest BCUT2D eigenvalue weighted by atomic mass is 35.5. The molecule has 0 saturated carbocycles. The molecule has 1 unspecified atom stereocenters. The third kappa shape index (κ3) is 4.08. The normalized spacial score (nSPS) is 19.8. The lowest BCUT2D eigenvalue weighted by Gasteiger charge is -2.20. The van der Waals surface area contributed by atoms with E-state index in [0.29, 0.717) is 0 Å². The molecule has 1 aliphatic rings. The van der Waals surface area contributed by atoms with Gasteiger partial charge in [0.25, 0.3) is 0 Å². The summed E-state index contributed by atoms with van der Waals surface area (Å²) >= 11 is 0. The van der Waals surface area contributed by atoms with E-state index in [9.17, 15) is 0 Å². The predicted octanol–water partition coefficient (Wildman–Crippen LogP) is 1.54. The molecule has 1 aromatic rings.